The van der Waals surface area contributed by atoms with Gasteiger partial charge in [-0.15, -0.1) is 11.3 Å². The molecule has 0 saturated carbocycles. The van der Waals surface area contributed by atoms with Gasteiger partial charge in [-0.2, -0.15) is 0 Å². The van der Waals surface area contributed by atoms with E-state index in [1.165, 1.54) is 4.88 Å². The largest absolute Gasteiger partial charge is 0.495 e. The summed E-state index contributed by atoms with van der Waals surface area (Å²) >= 11 is 5.08. The summed E-state index contributed by atoms with van der Waals surface area (Å²) in [4.78, 5) is 1.26. The Morgan fingerprint density at radius 3 is 2.56 bits per heavy atom. The first-order valence-corrected chi connectivity index (χ1v) is 4.20. The highest BCUT2D eigenvalue weighted by molar-refractivity contribution is 9.10. The van der Waals surface area contributed by atoms with Gasteiger partial charge < -0.3 is 4.74 Å². The van der Waals surface area contributed by atoms with Gasteiger partial charge in [0.2, 0.25) is 0 Å². The van der Waals surface area contributed by atoms with Crippen LogP contribution in [0.4, 0.5) is 0 Å². The zero-order valence-electron chi connectivity index (χ0n) is 5.27. The number of aryl methyl sites for hydroxylation is 1. The molecule has 0 aliphatic carbocycles. The van der Waals surface area contributed by atoms with E-state index in [0.29, 0.717) is 0 Å². The fraction of sp³-hybridized carbons (Fsp3) is 0.333. The molecule has 0 amide bonds. The van der Waals surface area contributed by atoms with Gasteiger partial charge in [0.05, 0.1) is 11.6 Å². The SMILES string of the molecule is COc1csc(C)c1Br. The summed E-state index contributed by atoms with van der Waals surface area (Å²) in [5.74, 6) is 0.928. The minimum Gasteiger partial charge on any atom is -0.495 e. The summed E-state index contributed by atoms with van der Waals surface area (Å²) in [7, 11) is 1.67. The lowest BCUT2D eigenvalue weighted by atomic mass is 10.5. The monoisotopic (exact) mass is 206 g/mol. The third-order valence-electron chi connectivity index (χ3n) is 1.09. The van der Waals surface area contributed by atoms with Crippen LogP contribution in [0.15, 0.2) is 9.85 Å². The highest BCUT2D eigenvalue weighted by Crippen LogP contribution is 2.33. The Kier molecular flexibility index (Phi) is 2.13. The third kappa shape index (κ3) is 1.27. The maximum Gasteiger partial charge on any atom is 0.143 e. The second-order valence-corrected chi connectivity index (χ2v) is 3.55. The molecule has 1 nitrogen and oxygen atoms in total. The molecule has 9 heavy (non-hydrogen) atoms. The second-order valence-electron chi connectivity index (χ2n) is 1.67. The minimum absolute atomic E-state index is 0.928. The molecule has 0 N–H and O–H groups in total. The molecule has 0 spiro atoms. The topological polar surface area (TPSA) is 9.23 Å². The Labute approximate surface area is 66.8 Å². The second kappa shape index (κ2) is 2.71. The van der Waals surface area contributed by atoms with E-state index >= 15 is 0 Å². The Hall–Kier alpha value is -0.0200. The molecule has 50 valence electrons. The van der Waals surface area contributed by atoms with Crippen LogP contribution in [0.5, 0.6) is 5.75 Å². The van der Waals surface area contributed by atoms with Crippen molar-refractivity contribution < 1.29 is 4.74 Å². The van der Waals surface area contributed by atoms with Gasteiger partial charge in [0.25, 0.3) is 0 Å². The first-order chi connectivity index (χ1) is 4.25. The highest BCUT2D eigenvalue weighted by atomic mass is 79.9. The van der Waals surface area contributed by atoms with Gasteiger partial charge in [-0.05, 0) is 22.9 Å². The predicted molar refractivity (Wildman–Crippen MR) is 43.3 cm³/mol. The first-order valence-electron chi connectivity index (χ1n) is 2.53. The maximum atomic E-state index is 5.03. The quantitative estimate of drug-likeness (QED) is 0.687. The Balaban J connectivity index is 3.04. The van der Waals surface area contributed by atoms with E-state index in [1.807, 2.05) is 5.38 Å². The van der Waals surface area contributed by atoms with Crippen molar-refractivity contribution >= 4 is 27.3 Å². The Morgan fingerprint density at radius 1 is 1.67 bits per heavy atom. The lowest BCUT2D eigenvalue weighted by Crippen LogP contribution is -1.78. The normalized spacial score (nSPS) is 9.67. The van der Waals surface area contributed by atoms with Crippen LogP contribution in [0.25, 0.3) is 0 Å². The summed E-state index contributed by atoms with van der Waals surface area (Å²) < 4.78 is 6.11. The van der Waals surface area contributed by atoms with Crippen LogP contribution >= 0.6 is 27.3 Å². The fourth-order valence-electron chi connectivity index (χ4n) is 0.557. The molecule has 0 aliphatic heterocycles. The van der Waals surface area contributed by atoms with E-state index < -0.39 is 0 Å². The van der Waals surface area contributed by atoms with Crippen molar-refractivity contribution in [2.45, 2.75) is 6.92 Å². The molecule has 0 aliphatic rings. The molecule has 1 heterocycles. The van der Waals surface area contributed by atoms with Crippen LogP contribution < -0.4 is 4.74 Å². The Bertz CT molecular complexity index is 207. The first kappa shape index (κ1) is 7.09. The molecule has 1 rings (SSSR count). The number of rotatable bonds is 1. The summed E-state index contributed by atoms with van der Waals surface area (Å²) in [5.41, 5.74) is 0. The molecule has 0 fully saturated rings. The zero-order valence-corrected chi connectivity index (χ0v) is 7.67. The number of thiophene rings is 1. The lowest BCUT2D eigenvalue weighted by molar-refractivity contribution is 0.414. The van der Waals surface area contributed by atoms with Crippen molar-refractivity contribution in [3.05, 3.63) is 14.7 Å². The number of hydrogen-bond donors (Lipinski definition) is 0. The van der Waals surface area contributed by atoms with Crippen LogP contribution in [0.2, 0.25) is 0 Å². The molecule has 0 saturated heterocycles. The summed E-state index contributed by atoms with van der Waals surface area (Å²) in [6, 6.07) is 0. The number of methoxy groups -OCH3 is 1. The van der Waals surface area contributed by atoms with E-state index in [1.54, 1.807) is 18.4 Å². The van der Waals surface area contributed by atoms with Crippen molar-refractivity contribution in [1.82, 2.24) is 0 Å². The minimum atomic E-state index is 0.928. The van der Waals surface area contributed by atoms with Crippen LogP contribution in [0.3, 0.4) is 0 Å². The molecule has 3 heteroatoms. The number of ether oxygens (including phenoxy) is 1. The van der Waals surface area contributed by atoms with Crippen molar-refractivity contribution in [3.63, 3.8) is 0 Å². The zero-order chi connectivity index (χ0) is 6.85. The van der Waals surface area contributed by atoms with E-state index in [-0.39, 0.29) is 0 Å². The van der Waals surface area contributed by atoms with Crippen molar-refractivity contribution in [2.75, 3.05) is 7.11 Å². The van der Waals surface area contributed by atoms with Gasteiger partial charge in [0, 0.05) is 10.3 Å². The maximum absolute atomic E-state index is 5.03. The van der Waals surface area contributed by atoms with Gasteiger partial charge in [-0.25, -0.2) is 0 Å². The van der Waals surface area contributed by atoms with Gasteiger partial charge >= 0.3 is 0 Å². The van der Waals surface area contributed by atoms with Gasteiger partial charge in [0.1, 0.15) is 5.75 Å². The average molecular weight is 207 g/mol. The summed E-state index contributed by atoms with van der Waals surface area (Å²) in [6.07, 6.45) is 0. The molecular weight excluding hydrogens is 200 g/mol. The highest BCUT2D eigenvalue weighted by Gasteiger charge is 2.03. The number of hydrogen-bond acceptors (Lipinski definition) is 2. The van der Waals surface area contributed by atoms with Gasteiger partial charge in [-0.3, -0.25) is 0 Å². The van der Waals surface area contributed by atoms with Crippen molar-refractivity contribution in [2.24, 2.45) is 0 Å². The van der Waals surface area contributed by atoms with Crippen LogP contribution in [0, 0.1) is 6.92 Å². The van der Waals surface area contributed by atoms with E-state index in [4.69, 9.17) is 4.74 Å². The van der Waals surface area contributed by atoms with Crippen LogP contribution in [0.1, 0.15) is 4.88 Å². The fourth-order valence-corrected chi connectivity index (χ4v) is 1.97. The predicted octanol–water partition coefficient (Wildman–Crippen LogP) is 2.83. The molecule has 0 radical (unpaired) electrons. The van der Waals surface area contributed by atoms with E-state index in [2.05, 4.69) is 22.9 Å². The standard InChI is InChI=1S/C6H7BrOS/c1-4-6(7)5(8-2)3-9-4/h3H,1-2H3. The van der Waals surface area contributed by atoms with Crippen molar-refractivity contribution in [3.8, 4) is 5.75 Å². The molecule has 1 aromatic heterocycles. The molecule has 1 aromatic rings. The van der Waals surface area contributed by atoms with Gasteiger partial charge in [-0.1, -0.05) is 0 Å². The molecule has 0 bridgehead atoms. The van der Waals surface area contributed by atoms with E-state index in [0.717, 1.165) is 10.2 Å². The average Bonchev–Trinajstić information content (AvgIpc) is 2.15. The van der Waals surface area contributed by atoms with Crippen LogP contribution in [-0.2, 0) is 0 Å². The third-order valence-corrected chi connectivity index (χ3v) is 3.23. The smallest absolute Gasteiger partial charge is 0.143 e. The molecular formula is C6H7BrOS. The molecule has 0 atom stereocenters. The van der Waals surface area contributed by atoms with Crippen LogP contribution in [-0.4, -0.2) is 7.11 Å². The number of halogens is 1. The summed E-state index contributed by atoms with van der Waals surface area (Å²) in [5, 5.41) is 1.99. The molecule has 0 aromatic carbocycles. The van der Waals surface area contributed by atoms with Crippen molar-refractivity contribution in [1.29, 1.82) is 0 Å². The summed E-state index contributed by atoms with van der Waals surface area (Å²) in [6.45, 7) is 2.05. The van der Waals surface area contributed by atoms with E-state index in [9.17, 15) is 0 Å². The molecule has 0 unspecified atom stereocenters. The van der Waals surface area contributed by atoms with Gasteiger partial charge in [0.15, 0.2) is 0 Å². The Morgan fingerprint density at radius 2 is 2.33 bits per heavy atom. The lowest BCUT2D eigenvalue weighted by Gasteiger charge is -1.93.